The van der Waals surface area contributed by atoms with Gasteiger partial charge in [0.25, 0.3) is 0 Å². The van der Waals surface area contributed by atoms with Crippen LogP contribution in [0.25, 0.3) is 22.5 Å². The van der Waals surface area contributed by atoms with Crippen LogP contribution in [-0.2, 0) is 0 Å². The maximum absolute atomic E-state index is 13.2. The number of hydrogen-bond acceptors (Lipinski definition) is 5. The quantitative estimate of drug-likeness (QED) is 0.537. The molecule has 94 valence electrons. The Morgan fingerprint density at radius 1 is 1.11 bits per heavy atom. The predicted molar refractivity (Wildman–Crippen MR) is 67.2 cm³/mol. The molecule has 0 fully saturated rings. The van der Waals surface area contributed by atoms with Gasteiger partial charge in [-0.3, -0.25) is 0 Å². The Bertz CT molecular complexity index is 710. The second kappa shape index (κ2) is 4.45. The minimum absolute atomic E-state index is 0.472. The SMILES string of the molecule is Nc1ccc(-c2ccnc(F)c2)c(-c2nnn[nH]2)c1. The summed E-state index contributed by atoms with van der Waals surface area (Å²) in [6, 6.07) is 8.32. The molecule has 0 aliphatic rings. The van der Waals surface area contributed by atoms with Gasteiger partial charge < -0.3 is 5.73 Å². The van der Waals surface area contributed by atoms with E-state index in [1.54, 1.807) is 24.3 Å². The van der Waals surface area contributed by atoms with Gasteiger partial charge in [0.15, 0.2) is 5.82 Å². The van der Waals surface area contributed by atoms with Crippen molar-refractivity contribution < 1.29 is 4.39 Å². The van der Waals surface area contributed by atoms with Gasteiger partial charge in [-0.15, -0.1) is 5.10 Å². The van der Waals surface area contributed by atoms with Crippen LogP contribution in [0.15, 0.2) is 36.5 Å². The molecule has 0 aliphatic heterocycles. The lowest BCUT2D eigenvalue weighted by Gasteiger charge is -2.08. The molecule has 0 bridgehead atoms. The van der Waals surface area contributed by atoms with Crippen molar-refractivity contribution in [3.8, 4) is 22.5 Å². The number of tetrazole rings is 1. The average Bonchev–Trinajstić information content (AvgIpc) is 2.92. The van der Waals surface area contributed by atoms with E-state index in [0.29, 0.717) is 22.6 Å². The van der Waals surface area contributed by atoms with Crippen LogP contribution >= 0.6 is 0 Å². The monoisotopic (exact) mass is 256 g/mol. The number of nitrogens with two attached hydrogens (primary N) is 1. The lowest BCUT2D eigenvalue weighted by molar-refractivity contribution is 0.584. The zero-order valence-corrected chi connectivity index (χ0v) is 9.71. The number of hydrogen-bond donors (Lipinski definition) is 2. The second-order valence-corrected chi connectivity index (χ2v) is 3.92. The standard InChI is InChI=1S/C12H9FN6/c13-11-5-7(3-4-15-11)9-2-1-8(14)6-10(9)12-16-18-19-17-12/h1-6H,14H2,(H,16,17,18,19). The van der Waals surface area contributed by atoms with Crippen molar-refractivity contribution in [2.75, 3.05) is 5.73 Å². The summed E-state index contributed by atoms with van der Waals surface area (Å²) in [5.74, 6) is -0.0736. The van der Waals surface area contributed by atoms with Gasteiger partial charge in [0.1, 0.15) is 0 Å². The van der Waals surface area contributed by atoms with Gasteiger partial charge in [0.05, 0.1) is 0 Å². The number of halogens is 1. The first-order valence-electron chi connectivity index (χ1n) is 5.49. The van der Waals surface area contributed by atoms with Crippen molar-refractivity contribution in [3.63, 3.8) is 0 Å². The number of benzene rings is 1. The molecule has 0 amide bonds. The average molecular weight is 256 g/mol. The van der Waals surface area contributed by atoms with E-state index in [1.807, 2.05) is 0 Å². The second-order valence-electron chi connectivity index (χ2n) is 3.92. The number of nitrogens with one attached hydrogen (secondary N) is 1. The molecule has 2 heterocycles. The van der Waals surface area contributed by atoms with E-state index in [4.69, 9.17) is 5.73 Å². The molecule has 6 nitrogen and oxygen atoms in total. The van der Waals surface area contributed by atoms with Crippen molar-refractivity contribution in [1.29, 1.82) is 0 Å². The number of rotatable bonds is 2. The van der Waals surface area contributed by atoms with Crippen LogP contribution in [0.1, 0.15) is 0 Å². The number of H-pyrrole nitrogens is 1. The Labute approximate surface area is 107 Å². The minimum Gasteiger partial charge on any atom is -0.399 e. The Kier molecular flexibility index (Phi) is 2.64. The van der Waals surface area contributed by atoms with E-state index in [9.17, 15) is 4.39 Å². The zero-order valence-electron chi connectivity index (χ0n) is 9.71. The van der Waals surface area contributed by atoms with Gasteiger partial charge >= 0.3 is 0 Å². The number of aromatic nitrogens is 5. The number of nitrogens with zero attached hydrogens (tertiary/aromatic N) is 4. The molecule has 0 unspecified atom stereocenters. The van der Waals surface area contributed by atoms with E-state index in [-0.39, 0.29) is 0 Å². The first-order chi connectivity index (χ1) is 9.24. The number of aromatic amines is 1. The fourth-order valence-electron chi connectivity index (χ4n) is 1.85. The fraction of sp³-hybridized carbons (Fsp3) is 0. The van der Waals surface area contributed by atoms with Gasteiger partial charge in [-0.25, -0.2) is 10.1 Å². The fourth-order valence-corrected chi connectivity index (χ4v) is 1.85. The zero-order chi connectivity index (χ0) is 13.2. The van der Waals surface area contributed by atoms with E-state index < -0.39 is 5.95 Å². The molecule has 0 saturated carbocycles. The number of nitrogen functional groups attached to an aromatic ring is 1. The van der Waals surface area contributed by atoms with Crippen molar-refractivity contribution >= 4 is 5.69 Å². The molecule has 3 aromatic rings. The summed E-state index contributed by atoms with van der Waals surface area (Å²) in [5, 5.41) is 13.6. The first-order valence-corrected chi connectivity index (χ1v) is 5.49. The summed E-state index contributed by atoms with van der Waals surface area (Å²) in [6.07, 6.45) is 1.41. The van der Waals surface area contributed by atoms with E-state index in [0.717, 1.165) is 5.56 Å². The molecule has 3 rings (SSSR count). The maximum Gasteiger partial charge on any atom is 0.213 e. The van der Waals surface area contributed by atoms with Gasteiger partial charge in [-0.05, 0) is 39.8 Å². The highest BCUT2D eigenvalue weighted by atomic mass is 19.1. The van der Waals surface area contributed by atoms with Crippen molar-refractivity contribution in [3.05, 3.63) is 42.5 Å². The third kappa shape index (κ3) is 2.13. The van der Waals surface area contributed by atoms with E-state index >= 15 is 0 Å². The summed E-state index contributed by atoms with van der Waals surface area (Å²) in [5.41, 5.74) is 8.50. The molecule has 0 radical (unpaired) electrons. The van der Waals surface area contributed by atoms with Crippen molar-refractivity contribution in [1.82, 2.24) is 25.6 Å². The first kappa shape index (κ1) is 11.3. The Balaban J connectivity index is 2.21. The summed E-state index contributed by atoms with van der Waals surface area (Å²) in [7, 11) is 0. The highest BCUT2D eigenvalue weighted by molar-refractivity contribution is 5.82. The van der Waals surface area contributed by atoms with Gasteiger partial charge in [0, 0.05) is 23.5 Å². The van der Waals surface area contributed by atoms with Crippen LogP contribution in [0.4, 0.5) is 10.1 Å². The molecule has 0 aliphatic carbocycles. The molecular formula is C12H9FN6. The summed E-state index contributed by atoms with van der Waals surface area (Å²) >= 11 is 0. The molecule has 7 heteroatoms. The highest BCUT2D eigenvalue weighted by Crippen LogP contribution is 2.31. The highest BCUT2D eigenvalue weighted by Gasteiger charge is 2.11. The Morgan fingerprint density at radius 3 is 2.74 bits per heavy atom. The molecule has 0 atom stereocenters. The van der Waals surface area contributed by atoms with Crippen LogP contribution < -0.4 is 5.73 Å². The summed E-state index contributed by atoms with van der Waals surface area (Å²) < 4.78 is 13.2. The third-order valence-electron chi connectivity index (χ3n) is 2.68. The summed E-state index contributed by atoms with van der Waals surface area (Å²) in [6.45, 7) is 0. The normalized spacial score (nSPS) is 10.6. The van der Waals surface area contributed by atoms with E-state index in [2.05, 4.69) is 25.6 Å². The minimum atomic E-state index is -0.545. The summed E-state index contributed by atoms with van der Waals surface area (Å²) in [4.78, 5) is 3.54. The van der Waals surface area contributed by atoms with Crippen LogP contribution in [0, 0.1) is 5.95 Å². The topological polar surface area (TPSA) is 93.4 Å². The van der Waals surface area contributed by atoms with Gasteiger partial charge in [-0.1, -0.05) is 6.07 Å². The lowest BCUT2D eigenvalue weighted by atomic mass is 9.99. The molecule has 0 saturated heterocycles. The largest absolute Gasteiger partial charge is 0.399 e. The molecule has 1 aromatic carbocycles. The van der Waals surface area contributed by atoms with Crippen molar-refractivity contribution in [2.24, 2.45) is 0 Å². The predicted octanol–water partition coefficient (Wildman–Crippen LogP) is 1.65. The van der Waals surface area contributed by atoms with Crippen LogP contribution in [-0.4, -0.2) is 25.6 Å². The van der Waals surface area contributed by atoms with Crippen LogP contribution in [0.3, 0.4) is 0 Å². The Morgan fingerprint density at radius 2 is 2.00 bits per heavy atom. The number of anilines is 1. The maximum atomic E-state index is 13.2. The lowest BCUT2D eigenvalue weighted by Crippen LogP contribution is -1.92. The molecular weight excluding hydrogens is 247 g/mol. The smallest absolute Gasteiger partial charge is 0.213 e. The van der Waals surface area contributed by atoms with Crippen molar-refractivity contribution in [2.45, 2.75) is 0 Å². The molecule has 2 aromatic heterocycles. The Hall–Kier alpha value is -2.83. The molecule has 3 N–H and O–H groups in total. The van der Waals surface area contributed by atoms with E-state index in [1.165, 1.54) is 12.3 Å². The number of pyridine rings is 1. The molecule has 0 spiro atoms. The van der Waals surface area contributed by atoms with Gasteiger partial charge in [-0.2, -0.15) is 4.39 Å². The van der Waals surface area contributed by atoms with Gasteiger partial charge in [0.2, 0.25) is 5.95 Å². The van der Waals surface area contributed by atoms with Crippen LogP contribution in [0.2, 0.25) is 0 Å². The van der Waals surface area contributed by atoms with Crippen LogP contribution in [0.5, 0.6) is 0 Å². The molecule has 19 heavy (non-hydrogen) atoms. The third-order valence-corrected chi connectivity index (χ3v) is 2.68.